The Morgan fingerprint density at radius 1 is 1.04 bits per heavy atom. The number of aromatic nitrogens is 1. The Hall–Kier alpha value is -2.65. The largest absolute Gasteiger partial charge is 0.481 e. The zero-order valence-corrected chi connectivity index (χ0v) is 14.6. The van der Waals surface area contributed by atoms with Crippen LogP contribution in [-0.2, 0) is 6.54 Å². The molecule has 0 saturated heterocycles. The van der Waals surface area contributed by atoms with Gasteiger partial charge in [-0.3, -0.25) is 0 Å². The first-order chi connectivity index (χ1) is 12.3. The van der Waals surface area contributed by atoms with Crippen LogP contribution in [0, 0.1) is 0 Å². The summed E-state index contributed by atoms with van der Waals surface area (Å²) in [6.07, 6.45) is 1.76. The van der Waals surface area contributed by atoms with Gasteiger partial charge in [0.1, 0.15) is 0 Å². The van der Waals surface area contributed by atoms with Crippen LogP contribution in [0.1, 0.15) is 22.6 Å². The van der Waals surface area contributed by atoms with Crippen LogP contribution in [0.5, 0.6) is 5.88 Å². The third kappa shape index (κ3) is 3.03. The number of ether oxygens (including phenoxy) is 1. The summed E-state index contributed by atoms with van der Waals surface area (Å²) in [5.41, 5.74) is 6.38. The van der Waals surface area contributed by atoms with Crippen molar-refractivity contribution in [1.82, 2.24) is 9.88 Å². The van der Waals surface area contributed by atoms with Gasteiger partial charge in [0, 0.05) is 30.8 Å². The first-order valence-corrected chi connectivity index (χ1v) is 8.62. The SMILES string of the molecule is COc1ncccc1-c1ccc2c(c1)CN(C)CC2c1ccccc1. The maximum Gasteiger partial charge on any atom is 0.221 e. The number of nitrogens with zero attached hydrogens (tertiary/aromatic N) is 2. The van der Waals surface area contributed by atoms with E-state index in [1.54, 1.807) is 13.3 Å². The molecule has 0 spiro atoms. The van der Waals surface area contributed by atoms with Crippen molar-refractivity contribution in [2.75, 3.05) is 20.7 Å². The van der Waals surface area contributed by atoms with E-state index in [4.69, 9.17) is 4.74 Å². The number of fused-ring (bicyclic) bond motifs is 1. The molecule has 2 aromatic carbocycles. The summed E-state index contributed by atoms with van der Waals surface area (Å²) >= 11 is 0. The van der Waals surface area contributed by atoms with Crippen molar-refractivity contribution in [1.29, 1.82) is 0 Å². The molecule has 2 heterocycles. The number of likely N-dealkylation sites (N-methyl/N-ethyl adjacent to an activating group) is 1. The van der Waals surface area contributed by atoms with E-state index in [0.29, 0.717) is 11.8 Å². The summed E-state index contributed by atoms with van der Waals surface area (Å²) in [5, 5.41) is 0. The standard InChI is InChI=1S/C22H22N2O/c1-24-14-18-13-17(20-9-6-12-23-22(20)25-2)10-11-19(18)21(15-24)16-7-4-3-5-8-16/h3-13,21H,14-15H2,1-2H3. The molecule has 0 bridgehead atoms. The van der Waals surface area contributed by atoms with Crippen LogP contribution < -0.4 is 4.74 Å². The van der Waals surface area contributed by atoms with E-state index in [9.17, 15) is 0 Å². The average molecular weight is 330 g/mol. The molecule has 4 rings (SSSR count). The minimum Gasteiger partial charge on any atom is -0.481 e. The molecular weight excluding hydrogens is 308 g/mol. The highest BCUT2D eigenvalue weighted by molar-refractivity contribution is 5.70. The molecule has 3 nitrogen and oxygen atoms in total. The number of pyridine rings is 1. The molecule has 1 unspecified atom stereocenters. The summed E-state index contributed by atoms with van der Waals surface area (Å²) in [7, 11) is 3.86. The third-order valence-electron chi connectivity index (χ3n) is 4.93. The van der Waals surface area contributed by atoms with Crippen molar-refractivity contribution in [3.05, 3.63) is 83.6 Å². The normalized spacial score (nSPS) is 17.1. The molecule has 0 N–H and O–H groups in total. The van der Waals surface area contributed by atoms with Gasteiger partial charge in [0.2, 0.25) is 5.88 Å². The predicted molar refractivity (Wildman–Crippen MR) is 101 cm³/mol. The number of hydrogen-bond acceptors (Lipinski definition) is 3. The van der Waals surface area contributed by atoms with Gasteiger partial charge in [0.25, 0.3) is 0 Å². The number of hydrogen-bond donors (Lipinski definition) is 0. The van der Waals surface area contributed by atoms with Gasteiger partial charge in [0.15, 0.2) is 0 Å². The summed E-state index contributed by atoms with van der Waals surface area (Å²) in [5.74, 6) is 1.09. The fraction of sp³-hybridized carbons (Fsp3) is 0.227. The third-order valence-corrected chi connectivity index (χ3v) is 4.93. The molecule has 0 radical (unpaired) electrons. The first-order valence-electron chi connectivity index (χ1n) is 8.62. The van der Waals surface area contributed by atoms with Crippen LogP contribution >= 0.6 is 0 Å². The molecule has 25 heavy (non-hydrogen) atoms. The second-order valence-corrected chi connectivity index (χ2v) is 6.63. The second kappa shape index (κ2) is 6.69. The van der Waals surface area contributed by atoms with Crippen LogP contribution in [0.4, 0.5) is 0 Å². The van der Waals surface area contributed by atoms with Crippen LogP contribution in [0.2, 0.25) is 0 Å². The fourth-order valence-electron chi connectivity index (χ4n) is 3.76. The Balaban J connectivity index is 1.78. The molecule has 1 aliphatic rings. The van der Waals surface area contributed by atoms with Gasteiger partial charge in [-0.05, 0) is 47.5 Å². The maximum absolute atomic E-state index is 5.43. The first kappa shape index (κ1) is 15.9. The van der Waals surface area contributed by atoms with Crippen LogP contribution in [0.15, 0.2) is 66.9 Å². The smallest absolute Gasteiger partial charge is 0.221 e. The van der Waals surface area contributed by atoms with Crippen molar-refractivity contribution < 1.29 is 4.74 Å². The summed E-state index contributed by atoms with van der Waals surface area (Å²) in [6, 6.07) is 21.6. The van der Waals surface area contributed by atoms with Gasteiger partial charge in [-0.1, -0.05) is 42.5 Å². The van der Waals surface area contributed by atoms with Gasteiger partial charge in [-0.15, -0.1) is 0 Å². The highest BCUT2D eigenvalue weighted by Gasteiger charge is 2.25. The highest BCUT2D eigenvalue weighted by atomic mass is 16.5. The van der Waals surface area contributed by atoms with Gasteiger partial charge >= 0.3 is 0 Å². The zero-order chi connectivity index (χ0) is 17.2. The summed E-state index contributed by atoms with van der Waals surface area (Å²) < 4.78 is 5.43. The Labute approximate surface area is 148 Å². The van der Waals surface area contributed by atoms with Gasteiger partial charge in [-0.2, -0.15) is 0 Å². The second-order valence-electron chi connectivity index (χ2n) is 6.63. The van der Waals surface area contributed by atoms with E-state index in [1.165, 1.54) is 16.7 Å². The lowest BCUT2D eigenvalue weighted by Gasteiger charge is -2.33. The number of methoxy groups -OCH3 is 1. The van der Waals surface area contributed by atoms with E-state index in [1.807, 2.05) is 6.07 Å². The number of benzene rings is 2. The van der Waals surface area contributed by atoms with E-state index < -0.39 is 0 Å². The summed E-state index contributed by atoms with van der Waals surface area (Å²) in [4.78, 5) is 6.72. The highest BCUT2D eigenvalue weighted by Crippen LogP contribution is 2.36. The van der Waals surface area contributed by atoms with Gasteiger partial charge < -0.3 is 9.64 Å². The van der Waals surface area contributed by atoms with E-state index in [2.05, 4.69) is 71.5 Å². The molecule has 1 aromatic heterocycles. The molecule has 0 fully saturated rings. The Morgan fingerprint density at radius 3 is 2.68 bits per heavy atom. The van der Waals surface area contributed by atoms with E-state index >= 15 is 0 Å². The lowest BCUT2D eigenvalue weighted by molar-refractivity contribution is 0.295. The molecule has 126 valence electrons. The van der Waals surface area contributed by atoms with Crippen LogP contribution in [-0.4, -0.2) is 30.6 Å². The van der Waals surface area contributed by atoms with Crippen molar-refractivity contribution >= 4 is 0 Å². The molecule has 3 heteroatoms. The molecule has 1 atom stereocenters. The molecule has 0 amide bonds. The topological polar surface area (TPSA) is 25.4 Å². The predicted octanol–water partition coefficient (Wildman–Crippen LogP) is 4.33. The van der Waals surface area contributed by atoms with E-state index in [0.717, 1.165) is 24.2 Å². The summed E-state index contributed by atoms with van der Waals surface area (Å²) in [6.45, 7) is 2.02. The fourth-order valence-corrected chi connectivity index (χ4v) is 3.76. The molecule has 1 aliphatic heterocycles. The van der Waals surface area contributed by atoms with Gasteiger partial charge in [-0.25, -0.2) is 4.98 Å². The Morgan fingerprint density at radius 2 is 1.88 bits per heavy atom. The lowest BCUT2D eigenvalue weighted by Crippen LogP contribution is -2.30. The van der Waals surface area contributed by atoms with Crippen LogP contribution in [0.3, 0.4) is 0 Å². The minimum absolute atomic E-state index is 0.416. The molecule has 3 aromatic rings. The van der Waals surface area contributed by atoms with Crippen molar-refractivity contribution in [3.63, 3.8) is 0 Å². The maximum atomic E-state index is 5.43. The van der Waals surface area contributed by atoms with Crippen molar-refractivity contribution in [3.8, 4) is 17.0 Å². The zero-order valence-electron chi connectivity index (χ0n) is 14.6. The van der Waals surface area contributed by atoms with E-state index in [-0.39, 0.29) is 0 Å². The molecular formula is C22H22N2O. The molecule has 0 saturated carbocycles. The lowest BCUT2D eigenvalue weighted by atomic mass is 9.83. The Kier molecular flexibility index (Phi) is 4.24. The molecule has 0 aliphatic carbocycles. The van der Waals surface area contributed by atoms with Crippen molar-refractivity contribution in [2.24, 2.45) is 0 Å². The monoisotopic (exact) mass is 330 g/mol. The minimum atomic E-state index is 0.416. The van der Waals surface area contributed by atoms with Gasteiger partial charge in [0.05, 0.1) is 7.11 Å². The Bertz CT molecular complexity index is 876. The van der Waals surface area contributed by atoms with Crippen LogP contribution in [0.25, 0.3) is 11.1 Å². The quantitative estimate of drug-likeness (QED) is 0.714. The average Bonchev–Trinajstić information content (AvgIpc) is 2.67. The van der Waals surface area contributed by atoms with Crippen molar-refractivity contribution in [2.45, 2.75) is 12.5 Å². The number of rotatable bonds is 3.